The van der Waals surface area contributed by atoms with Crippen LogP contribution in [-0.2, 0) is 9.84 Å². The Morgan fingerprint density at radius 2 is 1.64 bits per heavy atom. The van der Waals surface area contributed by atoms with Crippen molar-refractivity contribution in [1.82, 2.24) is 19.7 Å². The Hall–Kier alpha value is -4.04. The number of aryl methyl sites for hydroxylation is 1. The molecule has 0 aliphatic rings. The van der Waals surface area contributed by atoms with E-state index >= 15 is 0 Å². The molecule has 0 radical (unpaired) electrons. The van der Waals surface area contributed by atoms with Crippen LogP contribution in [0.4, 0.5) is 0 Å². The summed E-state index contributed by atoms with van der Waals surface area (Å²) in [4.78, 5) is 9.71. The maximum Gasteiger partial charge on any atom is 0.229 e. The summed E-state index contributed by atoms with van der Waals surface area (Å²) in [6, 6.07) is 23.0. The lowest BCUT2D eigenvalue weighted by Crippen LogP contribution is -1.98. The highest BCUT2D eigenvalue weighted by molar-refractivity contribution is 7.90. The summed E-state index contributed by atoms with van der Waals surface area (Å²) < 4.78 is 31.4. The second kappa shape index (κ2) is 9.20. The lowest BCUT2D eigenvalue weighted by Gasteiger charge is -2.11. The van der Waals surface area contributed by atoms with Crippen LogP contribution in [0.15, 0.2) is 88.4 Å². The quantitative estimate of drug-likeness (QED) is 0.281. The summed E-state index contributed by atoms with van der Waals surface area (Å²) in [6.45, 7) is 6.06. The van der Waals surface area contributed by atoms with Gasteiger partial charge in [-0.3, -0.25) is 4.57 Å². The molecule has 0 atom stereocenters. The molecule has 7 nitrogen and oxygen atoms in total. The first-order valence-corrected chi connectivity index (χ1v) is 13.5. The molecule has 0 saturated carbocycles. The average molecular weight is 499 g/mol. The standard InChI is InChI=1S/C28H26N4O3S/c1-18(2)28-30-26(31-35-28)25-17-32(27(29-25)24-11-6-5-8-19(24)3)22-14-12-20(13-15-22)21-9-7-10-23(16-21)36(4,33)34/h5-18H,1-4H3. The van der Waals surface area contributed by atoms with Crippen LogP contribution in [-0.4, -0.2) is 34.4 Å². The Morgan fingerprint density at radius 3 is 2.31 bits per heavy atom. The van der Waals surface area contributed by atoms with Gasteiger partial charge in [-0.1, -0.05) is 67.5 Å². The van der Waals surface area contributed by atoms with Crippen LogP contribution in [0.1, 0.15) is 31.2 Å². The van der Waals surface area contributed by atoms with E-state index in [0.717, 1.165) is 33.8 Å². The largest absolute Gasteiger partial charge is 0.339 e. The van der Waals surface area contributed by atoms with Crippen LogP contribution in [0.3, 0.4) is 0 Å². The van der Waals surface area contributed by atoms with Gasteiger partial charge in [0.15, 0.2) is 9.84 Å². The van der Waals surface area contributed by atoms with Gasteiger partial charge in [0.1, 0.15) is 11.5 Å². The first-order chi connectivity index (χ1) is 17.2. The van der Waals surface area contributed by atoms with Gasteiger partial charge in [0.25, 0.3) is 0 Å². The number of nitrogens with zero attached hydrogens (tertiary/aromatic N) is 4. The van der Waals surface area contributed by atoms with Crippen LogP contribution in [0.2, 0.25) is 0 Å². The van der Waals surface area contributed by atoms with E-state index < -0.39 is 9.84 Å². The van der Waals surface area contributed by atoms with Gasteiger partial charge in [-0.15, -0.1) is 0 Å². The molecule has 0 aliphatic heterocycles. The summed E-state index contributed by atoms with van der Waals surface area (Å²) in [5.74, 6) is 1.91. The van der Waals surface area contributed by atoms with E-state index in [-0.39, 0.29) is 5.92 Å². The highest BCUT2D eigenvalue weighted by Crippen LogP contribution is 2.31. The van der Waals surface area contributed by atoms with Crippen molar-refractivity contribution in [2.75, 3.05) is 6.26 Å². The Morgan fingerprint density at radius 1 is 0.889 bits per heavy atom. The molecular weight excluding hydrogens is 472 g/mol. The van der Waals surface area contributed by atoms with Crippen LogP contribution in [0.25, 0.3) is 39.7 Å². The maximum absolute atomic E-state index is 12.0. The highest BCUT2D eigenvalue weighted by Gasteiger charge is 2.19. The van der Waals surface area contributed by atoms with Crippen molar-refractivity contribution in [3.05, 3.63) is 90.4 Å². The molecule has 2 heterocycles. The summed E-state index contributed by atoms with van der Waals surface area (Å²) >= 11 is 0. The van der Waals surface area contributed by atoms with Crippen molar-refractivity contribution in [3.63, 3.8) is 0 Å². The molecule has 8 heteroatoms. The fourth-order valence-electron chi connectivity index (χ4n) is 3.99. The van der Waals surface area contributed by atoms with E-state index in [2.05, 4.69) is 23.1 Å². The number of aromatic nitrogens is 4. The summed E-state index contributed by atoms with van der Waals surface area (Å²) in [5, 5.41) is 4.14. The van der Waals surface area contributed by atoms with E-state index in [4.69, 9.17) is 9.51 Å². The van der Waals surface area contributed by atoms with Gasteiger partial charge in [-0.05, 0) is 47.9 Å². The van der Waals surface area contributed by atoms with Gasteiger partial charge >= 0.3 is 0 Å². The van der Waals surface area contributed by atoms with Gasteiger partial charge in [-0.2, -0.15) is 4.98 Å². The van der Waals surface area contributed by atoms with Crippen molar-refractivity contribution in [2.45, 2.75) is 31.6 Å². The zero-order valence-electron chi connectivity index (χ0n) is 20.5. The molecule has 0 N–H and O–H groups in total. The first kappa shape index (κ1) is 23.7. The zero-order chi connectivity index (χ0) is 25.4. The Balaban J connectivity index is 1.59. The Kier molecular flexibility index (Phi) is 6.05. The molecule has 0 aliphatic carbocycles. The molecule has 0 unspecified atom stereocenters. The summed E-state index contributed by atoms with van der Waals surface area (Å²) in [5.41, 5.74) is 5.38. The number of benzene rings is 3. The normalized spacial score (nSPS) is 11.8. The van der Waals surface area contributed by atoms with E-state index in [9.17, 15) is 8.42 Å². The van der Waals surface area contributed by atoms with Crippen LogP contribution in [0.5, 0.6) is 0 Å². The van der Waals surface area contributed by atoms with E-state index in [1.165, 1.54) is 6.26 Å². The molecule has 182 valence electrons. The van der Waals surface area contributed by atoms with Gasteiger partial charge in [0.05, 0.1) is 4.90 Å². The first-order valence-electron chi connectivity index (χ1n) is 11.6. The summed E-state index contributed by atoms with van der Waals surface area (Å²) in [7, 11) is -3.28. The fraction of sp³-hybridized carbons (Fsp3) is 0.179. The SMILES string of the molecule is Cc1ccccc1-c1nc(-c2noc(C(C)C)n2)cn1-c1ccc(-c2cccc(S(C)(=O)=O)c2)cc1. The van der Waals surface area contributed by atoms with Gasteiger partial charge in [0, 0.05) is 29.6 Å². The lowest BCUT2D eigenvalue weighted by atomic mass is 10.1. The molecule has 5 rings (SSSR count). The van der Waals surface area contributed by atoms with Crippen molar-refractivity contribution in [2.24, 2.45) is 0 Å². The van der Waals surface area contributed by atoms with Crippen molar-refractivity contribution in [3.8, 4) is 39.7 Å². The van der Waals surface area contributed by atoms with E-state index in [0.29, 0.717) is 22.3 Å². The second-order valence-corrected chi connectivity index (χ2v) is 11.1. The second-order valence-electron chi connectivity index (χ2n) is 9.09. The van der Waals surface area contributed by atoms with Crippen molar-refractivity contribution in [1.29, 1.82) is 0 Å². The predicted molar refractivity (Wildman–Crippen MR) is 140 cm³/mol. The molecule has 36 heavy (non-hydrogen) atoms. The van der Waals surface area contributed by atoms with Gasteiger partial charge < -0.3 is 4.52 Å². The fourth-order valence-corrected chi connectivity index (χ4v) is 4.66. The number of imidazole rings is 1. The van der Waals surface area contributed by atoms with Crippen molar-refractivity contribution >= 4 is 9.84 Å². The number of sulfone groups is 1. The summed E-state index contributed by atoms with van der Waals surface area (Å²) in [6.07, 6.45) is 3.13. The third-order valence-electron chi connectivity index (χ3n) is 6.00. The number of hydrogen-bond donors (Lipinski definition) is 0. The molecule has 0 amide bonds. The van der Waals surface area contributed by atoms with Crippen LogP contribution in [0, 0.1) is 6.92 Å². The average Bonchev–Trinajstić information content (AvgIpc) is 3.52. The van der Waals surface area contributed by atoms with Gasteiger partial charge in [0.2, 0.25) is 11.7 Å². The molecule has 0 saturated heterocycles. The molecule has 0 spiro atoms. The predicted octanol–water partition coefficient (Wildman–Crippen LogP) is 6.09. The Labute approximate surface area is 210 Å². The smallest absolute Gasteiger partial charge is 0.229 e. The minimum Gasteiger partial charge on any atom is -0.339 e. The van der Waals surface area contributed by atoms with Gasteiger partial charge in [-0.25, -0.2) is 13.4 Å². The lowest BCUT2D eigenvalue weighted by molar-refractivity contribution is 0.365. The third-order valence-corrected chi connectivity index (χ3v) is 7.11. The van der Waals surface area contributed by atoms with E-state index in [1.54, 1.807) is 18.2 Å². The molecule has 0 fully saturated rings. The molecule has 0 bridgehead atoms. The Bertz CT molecular complexity index is 1650. The maximum atomic E-state index is 12.0. The van der Waals surface area contributed by atoms with Crippen LogP contribution >= 0.6 is 0 Å². The highest BCUT2D eigenvalue weighted by atomic mass is 32.2. The van der Waals surface area contributed by atoms with Crippen LogP contribution < -0.4 is 0 Å². The topological polar surface area (TPSA) is 90.9 Å². The minimum atomic E-state index is -3.28. The molecule has 5 aromatic rings. The molecular formula is C28H26N4O3S. The molecule has 2 aromatic heterocycles. The van der Waals surface area contributed by atoms with E-state index in [1.807, 2.05) is 73.1 Å². The third kappa shape index (κ3) is 4.59. The zero-order valence-corrected chi connectivity index (χ0v) is 21.3. The molecule has 3 aromatic carbocycles. The number of rotatable bonds is 6. The minimum absolute atomic E-state index is 0.123. The van der Waals surface area contributed by atoms with Crippen molar-refractivity contribution < 1.29 is 12.9 Å². The monoisotopic (exact) mass is 498 g/mol. The number of hydrogen-bond acceptors (Lipinski definition) is 6.